The maximum absolute atomic E-state index is 9.84. The van der Waals surface area contributed by atoms with E-state index in [2.05, 4.69) is 23.1 Å². The van der Waals surface area contributed by atoms with Crippen molar-refractivity contribution in [2.75, 3.05) is 0 Å². The van der Waals surface area contributed by atoms with Crippen molar-refractivity contribution in [3.63, 3.8) is 0 Å². The van der Waals surface area contributed by atoms with Crippen molar-refractivity contribution >= 4 is 23.5 Å². The molecular weight excluding hydrogens is 180 g/mol. The standard InChI is InChI=1S/C8H4N2O2.C2H4/c11-5-9-7-2-1-3-8(4-7)10-6-12;1-2/h1-4H;1-2H2. The van der Waals surface area contributed by atoms with Crippen LogP contribution in [0.4, 0.5) is 11.4 Å². The molecule has 0 unspecified atom stereocenters. The maximum atomic E-state index is 9.84. The SMILES string of the molecule is C=C.O=C=Nc1cccc(N=C=O)c1. The molecule has 0 fully saturated rings. The monoisotopic (exact) mass is 188 g/mol. The molecule has 4 nitrogen and oxygen atoms in total. The molecule has 0 aliphatic carbocycles. The van der Waals surface area contributed by atoms with Crippen LogP contribution in [0.2, 0.25) is 0 Å². The minimum absolute atomic E-state index is 0.418. The second-order valence-corrected chi connectivity index (χ2v) is 1.93. The number of isocyanates is 2. The molecule has 70 valence electrons. The van der Waals surface area contributed by atoms with Gasteiger partial charge >= 0.3 is 0 Å². The zero-order valence-corrected chi connectivity index (χ0v) is 7.43. The van der Waals surface area contributed by atoms with Crippen molar-refractivity contribution in [2.24, 2.45) is 9.98 Å². The number of benzene rings is 1. The maximum Gasteiger partial charge on any atom is 0.240 e. The van der Waals surface area contributed by atoms with E-state index in [0.717, 1.165) is 0 Å². The molecule has 4 heteroatoms. The Labute approximate surface area is 81.3 Å². The summed E-state index contributed by atoms with van der Waals surface area (Å²) in [4.78, 5) is 26.4. The number of aliphatic imine (C=N–C) groups is 2. The summed E-state index contributed by atoms with van der Waals surface area (Å²) in [5.41, 5.74) is 0.836. The molecule has 0 spiro atoms. The molecule has 0 aromatic heterocycles. The summed E-state index contributed by atoms with van der Waals surface area (Å²) < 4.78 is 0. The number of nitrogens with zero attached hydrogens (tertiary/aromatic N) is 2. The highest BCUT2D eigenvalue weighted by Crippen LogP contribution is 2.18. The molecule has 0 N–H and O–H groups in total. The molecule has 1 aromatic rings. The zero-order valence-electron chi connectivity index (χ0n) is 7.43. The van der Waals surface area contributed by atoms with Gasteiger partial charge in [0.05, 0.1) is 11.4 Å². The summed E-state index contributed by atoms with van der Waals surface area (Å²) in [6.07, 6.45) is 2.78. The Morgan fingerprint density at radius 1 is 1.00 bits per heavy atom. The number of hydrogen-bond donors (Lipinski definition) is 0. The minimum Gasteiger partial charge on any atom is -0.211 e. The molecule has 0 aliphatic heterocycles. The number of hydrogen-bond acceptors (Lipinski definition) is 4. The van der Waals surface area contributed by atoms with Crippen LogP contribution in [0.5, 0.6) is 0 Å². The van der Waals surface area contributed by atoms with Gasteiger partial charge in [-0.25, -0.2) is 9.59 Å². The largest absolute Gasteiger partial charge is 0.240 e. The van der Waals surface area contributed by atoms with E-state index in [1.807, 2.05) is 0 Å². The number of rotatable bonds is 2. The second kappa shape index (κ2) is 7.37. The summed E-state index contributed by atoms with van der Waals surface area (Å²) in [7, 11) is 0. The molecule has 0 aliphatic rings. The Balaban J connectivity index is 0.000000791. The zero-order chi connectivity index (χ0) is 10.8. The Hall–Kier alpha value is -2.28. The Morgan fingerprint density at radius 3 is 1.79 bits per heavy atom. The molecule has 0 bridgehead atoms. The molecular formula is C10H8N2O2. The van der Waals surface area contributed by atoms with Gasteiger partial charge < -0.3 is 0 Å². The first-order chi connectivity index (χ1) is 6.86. The van der Waals surface area contributed by atoms with Gasteiger partial charge in [-0.05, 0) is 18.2 Å². The highest BCUT2D eigenvalue weighted by Gasteiger charge is 1.90. The van der Waals surface area contributed by atoms with Crippen LogP contribution in [0.25, 0.3) is 0 Å². The summed E-state index contributed by atoms with van der Waals surface area (Å²) in [5.74, 6) is 0. The smallest absolute Gasteiger partial charge is 0.211 e. The van der Waals surface area contributed by atoms with Crippen LogP contribution in [0.3, 0.4) is 0 Å². The van der Waals surface area contributed by atoms with E-state index in [9.17, 15) is 9.59 Å². The average molecular weight is 188 g/mol. The predicted molar refractivity (Wildman–Crippen MR) is 53.3 cm³/mol. The van der Waals surface area contributed by atoms with Crippen molar-refractivity contribution in [3.05, 3.63) is 37.4 Å². The van der Waals surface area contributed by atoms with Crippen LogP contribution in [0.15, 0.2) is 47.4 Å². The van der Waals surface area contributed by atoms with Gasteiger partial charge in [-0.15, -0.1) is 13.2 Å². The first kappa shape index (κ1) is 11.7. The summed E-state index contributed by atoms with van der Waals surface area (Å²) in [5, 5.41) is 0. The summed E-state index contributed by atoms with van der Waals surface area (Å²) in [6, 6.07) is 6.32. The third-order valence-corrected chi connectivity index (χ3v) is 1.18. The summed E-state index contributed by atoms with van der Waals surface area (Å²) in [6.45, 7) is 6.00. The van der Waals surface area contributed by atoms with Gasteiger partial charge in [-0.2, -0.15) is 9.98 Å². The first-order valence-corrected chi connectivity index (χ1v) is 3.62. The lowest BCUT2D eigenvalue weighted by Gasteiger charge is -1.90. The van der Waals surface area contributed by atoms with Crippen molar-refractivity contribution in [2.45, 2.75) is 0 Å². The molecule has 0 amide bonds. The van der Waals surface area contributed by atoms with E-state index in [1.165, 1.54) is 18.2 Å². The highest BCUT2D eigenvalue weighted by atomic mass is 16.1. The van der Waals surface area contributed by atoms with E-state index in [0.29, 0.717) is 11.4 Å². The van der Waals surface area contributed by atoms with Crippen molar-refractivity contribution in [1.29, 1.82) is 0 Å². The van der Waals surface area contributed by atoms with E-state index < -0.39 is 0 Å². The van der Waals surface area contributed by atoms with Crippen LogP contribution in [-0.4, -0.2) is 12.2 Å². The quantitative estimate of drug-likeness (QED) is 0.406. The van der Waals surface area contributed by atoms with E-state index in [1.54, 1.807) is 18.2 Å². The van der Waals surface area contributed by atoms with Gasteiger partial charge in [0.2, 0.25) is 12.2 Å². The van der Waals surface area contributed by atoms with Crippen LogP contribution in [0, 0.1) is 0 Å². The third-order valence-electron chi connectivity index (χ3n) is 1.18. The Kier molecular flexibility index (Phi) is 6.17. The van der Waals surface area contributed by atoms with Gasteiger partial charge in [0.15, 0.2) is 0 Å². The van der Waals surface area contributed by atoms with Crippen LogP contribution < -0.4 is 0 Å². The fourth-order valence-corrected chi connectivity index (χ4v) is 0.738. The van der Waals surface area contributed by atoms with Crippen molar-refractivity contribution < 1.29 is 9.59 Å². The lowest BCUT2D eigenvalue weighted by atomic mass is 10.3. The second-order valence-electron chi connectivity index (χ2n) is 1.93. The summed E-state index contributed by atoms with van der Waals surface area (Å²) >= 11 is 0. The molecule has 0 atom stereocenters. The molecule has 0 saturated heterocycles. The van der Waals surface area contributed by atoms with Gasteiger partial charge in [0.1, 0.15) is 0 Å². The van der Waals surface area contributed by atoms with E-state index >= 15 is 0 Å². The number of carbonyl (C=O) groups excluding carboxylic acids is 2. The molecule has 0 heterocycles. The topological polar surface area (TPSA) is 58.9 Å². The predicted octanol–water partition coefficient (Wildman–Crippen LogP) is 2.42. The van der Waals surface area contributed by atoms with Gasteiger partial charge in [-0.1, -0.05) is 6.07 Å². The lowest BCUT2D eigenvalue weighted by molar-refractivity contribution is 0.565. The van der Waals surface area contributed by atoms with E-state index in [4.69, 9.17) is 0 Å². The fourth-order valence-electron chi connectivity index (χ4n) is 0.738. The Morgan fingerprint density at radius 2 is 1.43 bits per heavy atom. The van der Waals surface area contributed by atoms with Gasteiger partial charge in [-0.3, -0.25) is 0 Å². The normalized spacial score (nSPS) is 7.14. The minimum atomic E-state index is 0.418. The fraction of sp³-hybridized carbons (Fsp3) is 0. The van der Waals surface area contributed by atoms with Gasteiger partial charge in [0, 0.05) is 0 Å². The van der Waals surface area contributed by atoms with Crippen LogP contribution in [-0.2, 0) is 9.59 Å². The van der Waals surface area contributed by atoms with Crippen LogP contribution >= 0.6 is 0 Å². The first-order valence-electron chi connectivity index (χ1n) is 3.62. The van der Waals surface area contributed by atoms with Crippen LogP contribution in [0.1, 0.15) is 0 Å². The van der Waals surface area contributed by atoms with Gasteiger partial charge in [0.25, 0.3) is 0 Å². The van der Waals surface area contributed by atoms with Crippen molar-refractivity contribution in [1.82, 2.24) is 0 Å². The highest BCUT2D eigenvalue weighted by molar-refractivity contribution is 5.57. The Bertz CT molecular complexity index is 356. The molecule has 1 rings (SSSR count). The molecule has 1 aromatic carbocycles. The average Bonchev–Trinajstić information content (AvgIpc) is 2.22. The van der Waals surface area contributed by atoms with E-state index in [-0.39, 0.29) is 0 Å². The molecule has 0 radical (unpaired) electrons. The molecule has 0 saturated carbocycles. The lowest BCUT2D eigenvalue weighted by Crippen LogP contribution is -1.64. The molecule has 14 heavy (non-hydrogen) atoms. The third kappa shape index (κ3) is 3.93. The van der Waals surface area contributed by atoms with Crippen molar-refractivity contribution in [3.8, 4) is 0 Å².